The number of ether oxygens (including phenoxy) is 1. The van der Waals surface area contributed by atoms with Crippen molar-refractivity contribution in [2.45, 2.75) is 38.6 Å². The van der Waals surface area contributed by atoms with Gasteiger partial charge in [-0.05, 0) is 40.3 Å². The van der Waals surface area contributed by atoms with Crippen molar-refractivity contribution in [1.82, 2.24) is 4.90 Å². The van der Waals surface area contributed by atoms with Crippen LogP contribution in [0.15, 0.2) is 0 Å². The lowest BCUT2D eigenvalue weighted by Crippen LogP contribution is -2.40. The van der Waals surface area contributed by atoms with Crippen LogP contribution in [0.1, 0.15) is 33.1 Å². The van der Waals surface area contributed by atoms with Crippen molar-refractivity contribution in [1.29, 1.82) is 0 Å². The van der Waals surface area contributed by atoms with E-state index in [9.17, 15) is 0 Å². The van der Waals surface area contributed by atoms with Crippen molar-refractivity contribution in [3.63, 3.8) is 0 Å². The molecule has 1 atom stereocenters. The summed E-state index contributed by atoms with van der Waals surface area (Å²) in [5.41, 5.74) is 5.43. The van der Waals surface area contributed by atoms with Gasteiger partial charge in [-0.2, -0.15) is 0 Å². The van der Waals surface area contributed by atoms with Crippen LogP contribution in [0.25, 0.3) is 0 Å². The summed E-state index contributed by atoms with van der Waals surface area (Å²) in [6.45, 7) is 7.60. The summed E-state index contributed by atoms with van der Waals surface area (Å²) in [5, 5.41) is 8.99. The zero-order valence-electron chi connectivity index (χ0n) is 11.0. The number of hydrogen-bond acceptors (Lipinski definition) is 4. The molecule has 0 fully saturated rings. The number of unbranched alkanes of at least 4 members (excludes halogenated alkanes) is 1. The van der Waals surface area contributed by atoms with E-state index in [0.717, 1.165) is 45.6 Å². The monoisotopic (exact) mass is 232 g/mol. The van der Waals surface area contributed by atoms with E-state index >= 15 is 0 Å². The van der Waals surface area contributed by atoms with Crippen LogP contribution in [0.5, 0.6) is 0 Å². The maximum absolute atomic E-state index is 8.99. The lowest BCUT2D eigenvalue weighted by Gasteiger charge is -2.22. The predicted octanol–water partition coefficient (Wildman–Crippen LogP) is 0.835. The lowest BCUT2D eigenvalue weighted by atomic mass is 9.97. The predicted molar refractivity (Wildman–Crippen MR) is 67.5 cm³/mol. The van der Waals surface area contributed by atoms with Crippen molar-refractivity contribution in [3.8, 4) is 0 Å². The van der Waals surface area contributed by atoms with Gasteiger partial charge in [-0.25, -0.2) is 0 Å². The Morgan fingerprint density at radius 1 is 1.31 bits per heavy atom. The first kappa shape index (κ1) is 15.8. The molecule has 0 amide bonds. The van der Waals surface area contributed by atoms with E-state index in [1.807, 2.05) is 13.8 Å². The minimum atomic E-state index is -0.413. The summed E-state index contributed by atoms with van der Waals surface area (Å²) in [6, 6.07) is 0. The van der Waals surface area contributed by atoms with Crippen LogP contribution < -0.4 is 5.73 Å². The molecule has 0 heterocycles. The summed E-state index contributed by atoms with van der Waals surface area (Å²) in [4.78, 5) is 2.27. The zero-order chi connectivity index (χ0) is 12.4. The van der Waals surface area contributed by atoms with Gasteiger partial charge in [-0.15, -0.1) is 0 Å². The van der Waals surface area contributed by atoms with E-state index in [0.29, 0.717) is 0 Å². The fourth-order valence-electron chi connectivity index (χ4n) is 1.47. The maximum atomic E-state index is 8.99. The van der Waals surface area contributed by atoms with Crippen molar-refractivity contribution in [3.05, 3.63) is 0 Å². The molecule has 0 spiro atoms. The van der Waals surface area contributed by atoms with E-state index in [1.54, 1.807) is 0 Å². The minimum Gasteiger partial charge on any atom is -0.394 e. The second-order valence-corrected chi connectivity index (χ2v) is 4.77. The number of nitrogens with two attached hydrogens (primary N) is 1. The summed E-state index contributed by atoms with van der Waals surface area (Å²) >= 11 is 0. The van der Waals surface area contributed by atoms with E-state index in [1.165, 1.54) is 0 Å². The van der Waals surface area contributed by atoms with Crippen LogP contribution >= 0.6 is 0 Å². The Morgan fingerprint density at radius 2 is 2.00 bits per heavy atom. The molecule has 0 aliphatic heterocycles. The highest BCUT2D eigenvalue weighted by molar-refractivity contribution is 4.76. The average molecular weight is 232 g/mol. The molecule has 0 bridgehead atoms. The molecule has 0 rings (SSSR count). The number of likely N-dealkylation sites (N-methyl/N-ethyl adjacent to an activating group) is 1. The number of nitrogens with zero attached hydrogens (tertiary/aromatic N) is 1. The third-order valence-electron chi connectivity index (χ3n) is 2.72. The van der Waals surface area contributed by atoms with Gasteiger partial charge < -0.3 is 20.5 Å². The van der Waals surface area contributed by atoms with Crippen molar-refractivity contribution in [2.24, 2.45) is 5.73 Å². The van der Waals surface area contributed by atoms with E-state index in [4.69, 9.17) is 15.6 Å². The summed E-state index contributed by atoms with van der Waals surface area (Å²) in [6.07, 6.45) is 3.06. The Balaban J connectivity index is 3.37. The number of aliphatic hydroxyl groups excluding tert-OH is 1. The topological polar surface area (TPSA) is 58.7 Å². The van der Waals surface area contributed by atoms with Gasteiger partial charge in [-0.3, -0.25) is 0 Å². The smallest absolute Gasteiger partial charge is 0.0608 e. The molecule has 16 heavy (non-hydrogen) atoms. The molecule has 0 aromatic carbocycles. The van der Waals surface area contributed by atoms with Gasteiger partial charge in [0.05, 0.1) is 13.2 Å². The Labute approximate surface area is 99.8 Å². The van der Waals surface area contributed by atoms with Gasteiger partial charge in [-0.1, -0.05) is 6.42 Å². The maximum Gasteiger partial charge on any atom is 0.0608 e. The molecule has 0 aromatic heterocycles. The Kier molecular flexibility index (Phi) is 8.84. The van der Waals surface area contributed by atoms with Gasteiger partial charge in [0, 0.05) is 18.7 Å². The molecule has 0 saturated heterocycles. The molecule has 0 aromatic rings. The van der Waals surface area contributed by atoms with Gasteiger partial charge >= 0.3 is 0 Å². The van der Waals surface area contributed by atoms with Crippen molar-refractivity contribution < 1.29 is 9.84 Å². The van der Waals surface area contributed by atoms with Gasteiger partial charge in [0.2, 0.25) is 0 Å². The third-order valence-corrected chi connectivity index (χ3v) is 2.72. The molecule has 0 aliphatic carbocycles. The lowest BCUT2D eigenvalue weighted by molar-refractivity contribution is 0.121. The average Bonchev–Trinajstić information content (AvgIpc) is 2.25. The van der Waals surface area contributed by atoms with Crippen LogP contribution in [0, 0.1) is 0 Å². The first-order valence-electron chi connectivity index (χ1n) is 6.18. The zero-order valence-corrected chi connectivity index (χ0v) is 11.0. The SMILES string of the molecule is CCOCCN(C)CCCCC(C)(N)CO. The van der Waals surface area contributed by atoms with Crippen LogP contribution in [0.2, 0.25) is 0 Å². The molecular weight excluding hydrogens is 204 g/mol. The summed E-state index contributed by atoms with van der Waals surface area (Å²) in [5.74, 6) is 0. The quantitative estimate of drug-likeness (QED) is 0.548. The Bertz CT molecular complexity index is 163. The molecule has 0 saturated carbocycles. The van der Waals surface area contributed by atoms with E-state index in [-0.39, 0.29) is 6.61 Å². The summed E-state index contributed by atoms with van der Waals surface area (Å²) in [7, 11) is 2.10. The number of hydrogen-bond donors (Lipinski definition) is 2. The van der Waals surface area contributed by atoms with Crippen molar-refractivity contribution in [2.75, 3.05) is 40.0 Å². The highest BCUT2D eigenvalue weighted by Crippen LogP contribution is 2.09. The fraction of sp³-hybridized carbons (Fsp3) is 1.00. The number of rotatable bonds is 10. The Hall–Kier alpha value is -0.160. The highest BCUT2D eigenvalue weighted by Gasteiger charge is 2.15. The second-order valence-electron chi connectivity index (χ2n) is 4.77. The molecule has 1 unspecified atom stereocenters. The molecule has 0 radical (unpaired) electrons. The van der Waals surface area contributed by atoms with Gasteiger partial charge in [0.25, 0.3) is 0 Å². The first-order chi connectivity index (χ1) is 7.52. The third kappa shape index (κ3) is 9.09. The van der Waals surface area contributed by atoms with E-state index in [2.05, 4.69) is 11.9 Å². The molecule has 3 N–H and O–H groups in total. The van der Waals surface area contributed by atoms with Crippen LogP contribution in [0.4, 0.5) is 0 Å². The van der Waals surface area contributed by atoms with Crippen LogP contribution in [0.3, 0.4) is 0 Å². The first-order valence-corrected chi connectivity index (χ1v) is 6.18. The minimum absolute atomic E-state index is 0.0627. The molecule has 98 valence electrons. The highest BCUT2D eigenvalue weighted by atomic mass is 16.5. The second kappa shape index (κ2) is 8.93. The summed E-state index contributed by atoms with van der Waals surface area (Å²) < 4.78 is 5.29. The van der Waals surface area contributed by atoms with Gasteiger partial charge in [0.1, 0.15) is 0 Å². The van der Waals surface area contributed by atoms with Crippen molar-refractivity contribution >= 4 is 0 Å². The largest absolute Gasteiger partial charge is 0.394 e. The Morgan fingerprint density at radius 3 is 2.56 bits per heavy atom. The molecule has 4 nitrogen and oxygen atoms in total. The van der Waals surface area contributed by atoms with E-state index < -0.39 is 5.54 Å². The molecule has 0 aliphatic rings. The van der Waals surface area contributed by atoms with Crippen LogP contribution in [-0.4, -0.2) is 55.5 Å². The normalized spacial score (nSPS) is 15.4. The molecular formula is C12H28N2O2. The standard InChI is InChI=1S/C12H28N2O2/c1-4-16-10-9-14(3)8-6-5-7-12(2,13)11-15/h15H,4-11,13H2,1-3H3. The fourth-order valence-corrected chi connectivity index (χ4v) is 1.47. The molecule has 4 heteroatoms. The van der Waals surface area contributed by atoms with Gasteiger partial charge in [0.15, 0.2) is 0 Å². The number of aliphatic hydroxyl groups is 1. The van der Waals surface area contributed by atoms with Crippen LogP contribution in [-0.2, 0) is 4.74 Å².